The molecule has 0 fully saturated rings. The van der Waals surface area contributed by atoms with Crippen molar-refractivity contribution in [3.05, 3.63) is 93.0 Å². The zero-order valence-corrected chi connectivity index (χ0v) is 18.7. The van der Waals surface area contributed by atoms with Gasteiger partial charge in [0.1, 0.15) is 6.61 Å². The Morgan fingerprint density at radius 3 is 2.45 bits per heavy atom. The molecule has 1 N–H and O–H groups in total. The maximum atomic E-state index is 12.2. The van der Waals surface area contributed by atoms with Gasteiger partial charge in [0.25, 0.3) is 5.91 Å². The van der Waals surface area contributed by atoms with Gasteiger partial charge in [0, 0.05) is 5.56 Å². The second-order valence-electron chi connectivity index (χ2n) is 6.74. The third-order valence-electron chi connectivity index (χ3n) is 4.34. The minimum absolute atomic E-state index is 0.306. The number of carbonyl (C=O) groups excluding carboxylic acids is 1. The van der Waals surface area contributed by atoms with E-state index in [-0.39, 0.29) is 0 Å². The highest BCUT2D eigenvalue weighted by Gasteiger charge is 2.08. The number of carbonyl (C=O) groups is 1. The predicted octanol–water partition coefficient (Wildman–Crippen LogP) is 6.04. The lowest BCUT2D eigenvalue weighted by atomic mass is 10.2. The Labute approximate surface area is 191 Å². The van der Waals surface area contributed by atoms with Crippen LogP contribution in [-0.4, -0.2) is 18.7 Å². The first-order chi connectivity index (χ1) is 15.0. The van der Waals surface area contributed by atoms with Crippen LogP contribution in [0, 0.1) is 6.92 Å². The van der Waals surface area contributed by atoms with Crippen molar-refractivity contribution in [1.82, 2.24) is 5.43 Å². The standard InChI is InChI=1S/C24H22Cl2N2O3/c1-3-30-23-12-18(8-11-22(23)31-15-17-6-4-16(2)5-7-17)14-27-28-24(29)19-9-10-20(25)21(26)13-19/h4-14H,3,15H2,1-2H3,(H,28,29)/b27-14-. The SMILES string of the molecule is CCOc1cc(/C=N\NC(=O)c2ccc(Cl)c(Cl)c2)ccc1OCc1ccc(C)cc1. The van der Waals surface area contributed by atoms with Gasteiger partial charge in [-0.15, -0.1) is 0 Å². The van der Waals surface area contributed by atoms with Gasteiger partial charge < -0.3 is 9.47 Å². The molecule has 1 amide bonds. The van der Waals surface area contributed by atoms with Crippen LogP contribution < -0.4 is 14.9 Å². The van der Waals surface area contributed by atoms with Crippen LogP contribution in [0.3, 0.4) is 0 Å². The average Bonchev–Trinajstić information content (AvgIpc) is 2.76. The quantitative estimate of drug-likeness (QED) is 0.331. The third kappa shape index (κ3) is 6.48. The highest BCUT2D eigenvalue weighted by molar-refractivity contribution is 6.42. The number of nitrogens with zero attached hydrogens (tertiary/aromatic N) is 1. The normalized spacial score (nSPS) is 10.8. The van der Waals surface area contributed by atoms with E-state index in [1.54, 1.807) is 12.1 Å². The van der Waals surface area contributed by atoms with Gasteiger partial charge in [0.2, 0.25) is 0 Å². The molecule has 0 saturated carbocycles. The lowest BCUT2D eigenvalue weighted by molar-refractivity contribution is 0.0955. The van der Waals surface area contributed by atoms with Gasteiger partial charge in [0.05, 0.1) is 22.9 Å². The lowest BCUT2D eigenvalue weighted by Crippen LogP contribution is -2.17. The summed E-state index contributed by atoms with van der Waals surface area (Å²) in [6.07, 6.45) is 1.53. The smallest absolute Gasteiger partial charge is 0.271 e. The van der Waals surface area contributed by atoms with E-state index in [1.807, 2.05) is 56.3 Å². The molecule has 3 aromatic rings. The van der Waals surface area contributed by atoms with Crippen LogP contribution >= 0.6 is 23.2 Å². The minimum atomic E-state index is -0.391. The fourth-order valence-electron chi connectivity index (χ4n) is 2.71. The number of benzene rings is 3. The molecule has 7 heteroatoms. The van der Waals surface area contributed by atoms with Gasteiger partial charge in [-0.25, -0.2) is 5.43 Å². The van der Waals surface area contributed by atoms with Gasteiger partial charge in [0.15, 0.2) is 11.5 Å². The molecular formula is C24H22Cl2N2O3. The Morgan fingerprint density at radius 2 is 1.74 bits per heavy atom. The largest absolute Gasteiger partial charge is 0.490 e. The van der Waals surface area contributed by atoms with Crippen LogP contribution in [0.5, 0.6) is 11.5 Å². The van der Waals surface area contributed by atoms with Crippen LogP contribution in [-0.2, 0) is 6.61 Å². The molecule has 0 bridgehead atoms. The first kappa shape index (κ1) is 22.7. The van der Waals surface area contributed by atoms with E-state index in [1.165, 1.54) is 17.8 Å². The molecule has 0 radical (unpaired) electrons. The summed E-state index contributed by atoms with van der Waals surface area (Å²) in [4.78, 5) is 12.2. The average molecular weight is 457 g/mol. The number of aryl methyl sites for hydroxylation is 1. The molecule has 0 unspecified atom stereocenters. The fraction of sp³-hybridized carbons (Fsp3) is 0.167. The summed E-state index contributed by atoms with van der Waals surface area (Å²) in [6, 6.07) is 18.3. The highest BCUT2D eigenvalue weighted by atomic mass is 35.5. The Bertz CT molecular complexity index is 1080. The van der Waals surface area contributed by atoms with Crippen molar-refractivity contribution in [2.75, 3.05) is 6.61 Å². The molecule has 0 heterocycles. The Hall–Kier alpha value is -3.02. The highest BCUT2D eigenvalue weighted by Crippen LogP contribution is 2.29. The summed E-state index contributed by atoms with van der Waals surface area (Å²) in [5, 5.41) is 4.70. The maximum absolute atomic E-state index is 12.2. The third-order valence-corrected chi connectivity index (χ3v) is 5.08. The molecule has 5 nitrogen and oxygen atoms in total. The van der Waals surface area contributed by atoms with Crippen molar-refractivity contribution in [1.29, 1.82) is 0 Å². The molecular weight excluding hydrogens is 435 g/mol. The van der Waals surface area contributed by atoms with E-state index in [2.05, 4.69) is 10.5 Å². The van der Waals surface area contributed by atoms with Crippen LogP contribution in [0.15, 0.2) is 65.8 Å². The van der Waals surface area contributed by atoms with Crippen molar-refractivity contribution in [3.8, 4) is 11.5 Å². The molecule has 0 spiro atoms. The number of amides is 1. The summed E-state index contributed by atoms with van der Waals surface area (Å²) in [7, 11) is 0. The number of hydrazone groups is 1. The molecule has 0 saturated heterocycles. The van der Waals surface area contributed by atoms with E-state index in [0.29, 0.717) is 40.3 Å². The Kier molecular flexibility index (Phi) is 7.93. The fourth-order valence-corrected chi connectivity index (χ4v) is 3.00. The first-order valence-corrected chi connectivity index (χ1v) is 10.5. The summed E-state index contributed by atoms with van der Waals surface area (Å²) < 4.78 is 11.6. The number of halogens is 2. The van der Waals surface area contributed by atoms with E-state index in [0.717, 1.165) is 11.1 Å². The van der Waals surface area contributed by atoms with E-state index >= 15 is 0 Å². The summed E-state index contributed by atoms with van der Waals surface area (Å²) in [5.74, 6) is 0.853. The van der Waals surface area contributed by atoms with Crippen molar-refractivity contribution >= 4 is 35.3 Å². The van der Waals surface area contributed by atoms with E-state index in [4.69, 9.17) is 32.7 Å². The molecule has 0 aliphatic rings. The number of hydrogen-bond donors (Lipinski definition) is 1. The number of nitrogens with one attached hydrogen (secondary N) is 1. The minimum Gasteiger partial charge on any atom is -0.490 e. The Balaban J connectivity index is 1.65. The number of hydrogen-bond acceptors (Lipinski definition) is 4. The lowest BCUT2D eigenvalue weighted by Gasteiger charge is -2.12. The monoisotopic (exact) mass is 456 g/mol. The van der Waals surface area contributed by atoms with Gasteiger partial charge in [-0.1, -0.05) is 53.0 Å². The topological polar surface area (TPSA) is 59.9 Å². The predicted molar refractivity (Wildman–Crippen MR) is 125 cm³/mol. The van der Waals surface area contributed by atoms with Crippen molar-refractivity contribution in [2.45, 2.75) is 20.5 Å². The van der Waals surface area contributed by atoms with Crippen LogP contribution in [0.1, 0.15) is 34.0 Å². The van der Waals surface area contributed by atoms with Gasteiger partial charge in [-0.3, -0.25) is 4.79 Å². The second kappa shape index (κ2) is 10.8. The van der Waals surface area contributed by atoms with Crippen LogP contribution in [0.25, 0.3) is 0 Å². The molecule has 31 heavy (non-hydrogen) atoms. The summed E-state index contributed by atoms with van der Waals surface area (Å²) >= 11 is 11.8. The molecule has 0 aliphatic heterocycles. The van der Waals surface area contributed by atoms with Gasteiger partial charge in [-0.2, -0.15) is 5.10 Å². The Morgan fingerprint density at radius 1 is 0.968 bits per heavy atom. The maximum Gasteiger partial charge on any atom is 0.271 e. The summed E-state index contributed by atoms with van der Waals surface area (Å²) in [6.45, 7) is 4.89. The zero-order chi connectivity index (χ0) is 22.2. The number of rotatable bonds is 8. The summed E-state index contributed by atoms with van der Waals surface area (Å²) in [5.41, 5.74) is 5.86. The van der Waals surface area contributed by atoms with Crippen molar-refractivity contribution in [2.24, 2.45) is 5.10 Å². The molecule has 3 aromatic carbocycles. The molecule has 0 atom stereocenters. The van der Waals surface area contributed by atoms with E-state index in [9.17, 15) is 4.79 Å². The molecule has 0 aliphatic carbocycles. The molecule has 160 valence electrons. The van der Waals surface area contributed by atoms with Crippen molar-refractivity contribution < 1.29 is 14.3 Å². The van der Waals surface area contributed by atoms with Crippen LogP contribution in [0.2, 0.25) is 10.0 Å². The van der Waals surface area contributed by atoms with E-state index < -0.39 is 5.91 Å². The van der Waals surface area contributed by atoms with Crippen molar-refractivity contribution in [3.63, 3.8) is 0 Å². The zero-order valence-electron chi connectivity index (χ0n) is 17.2. The van der Waals surface area contributed by atoms with Crippen LogP contribution in [0.4, 0.5) is 0 Å². The van der Waals surface area contributed by atoms with Gasteiger partial charge >= 0.3 is 0 Å². The second-order valence-corrected chi connectivity index (χ2v) is 7.56. The molecule has 3 rings (SSSR count). The first-order valence-electron chi connectivity index (χ1n) is 9.70. The molecule has 0 aromatic heterocycles. The van der Waals surface area contributed by atoms with Gasteiger partial charge in [-0.05, 0) is 61.4 Å². The number of ether oxygens (including phenoxy) is 2.